The zero-order valence-electron chi connectivity index (χ0n) is 3.15. The molecule has 0 aliphatic heterocycles. The zero-order chi connectivity index (χ0) is 5.28. The smallest absolute Gasteiger partial charge is 0.243 e. The monoisotopic (exact) mass is 181 g/mol. The Hall–Kier alpha value is -0.0900. The van der Waals surface area contributed by atoms with Crippen LogP contribution in [0.2, 0.25) is 5.28 Å². The van der Waals surface area contributed by atoms with Gasteiger partial charge in [0.1, 0.15) is 0 Å². The van der Waals surface area contributed by atoms with Crippen LogP contribution in [-0.2, 0) is 0 Å². The predicted molar refractivity (Wildman–Crippen MR) is 29.1 cm³/mol. The van der Waals surface area contributed by atoms with Crippen LogP contribution in [0.25, 0.3) is 0 Å². The Bertz CT molecular complexity index is 145. The van der Waals surface area contributed by atoms with E-state index in [1.807, 2.05) is 0 Å². The Morgan fingerprint density at radius 2 is 2.43 bits per heavy atom. The molecular formula is C2HBrClN3. The third kappa shape index (κ3) is 1.14. The highest BCUT2D eigenvalue weighted by molar-refractivity contribution is 9.10. The number of halogens is 2. The largest absolute Gasteiger partial charge is 0.252 e. The van der Waals surface area contributed by atoms with E-state index in [4.69, 9.17) is 11.6 Å². The van der Waals surface area contributed by atoms with E-state index in [1.54, 1.807) is 0 Å². The molecule has 1 aromatic heterocycles. The van der Waals surface area contributed by atoms with Gasteiger partial charge < -0.3 is 0 Å². The Labute approximate surface area is 53.2 Å². The van der Waals surface area contributed by atoms with Crippen molar-refractivity contribution < 1.29 is 0 Å². The summed E-state index contributed by atoms with van der Waals surface area (Å²) in [5.41, 5.74) is 0. The highest BCUT2D eigenvalue weighted by atomic mass is 79.9. The molecule has 1 heterocycles. The average Bonchev–Trinajstić information content (AvgIpc) is 1.87. The first kappa shape index (κ1) is 5.05. The van der Waals surface area contributed by atoms with Gasteiger partial charge >= 0.3 is 0 Å². The van der Waals surface area contributed by atoms with E-state index in [9.17, 15) is 0 Å². The van der Waals surface area contributed by atoms with Crippen molar-refractivity contribution in [1.82, 2.24) is 15.2 Å². The van der Waals surface area contributed by atoms with Gasteiger partial charge in [0.2, 0.25) is 5.28 Å². The van der Waals surface area contributed by atoms with Crippen LogP contribution in [0.15, 0.2) is 4.73 Å². The molecule has 0 atom stereocenters. The summed E-state index contributed by atoms with van der Waals surface area (Å²) in [6.07, 6.45) is 0. The fourth-order valence-corrected chi connectivity index (χ4v) is 0.709. The molecule has 3 nitrogen and oxygen atoms in total. The Morgan fingerprint density at radius 3 is 2.57 bits per heavy atom. The van der Waals surface area contributed by atoms with Crippen LogP contribution in [0.3, 0.4) is 0 Å². The van der Waals surface area contributed by atoms with Crippen molar-refractivity contribution in [2.45, 2.75) is 0 Å². The topological polar surface area (TPSA) is 41.6 Å². The summed E-state index contributed by atoms with van der Waals surface area (Å²) in [7, 11) is 0. The molecule has 0 saturated carbocycles. The molecular weight excluding hydrogens is 181 g/mol. The second kappa shape index (κ2) is 1.79. The van der Waals surface area contributed by atoms with Gasteiger partial charge in [0, 0.05) is 0 Å². The van der Waals surface area contributed by atoms with Crippen molar-refractivity contribution in [1.29, 1.82) is 0 Å². The SMILES string of the molecule is Clc1n[nH]c(Br)n1. The summed E-state index contributed by atoms with van der Waals surface area (Å²) >= 11 is 8.30. The second-order valence-corrected chi connectivity index (χ2v) is 1.98. The van der Waals surface area contributed by atoms with E-state index in [0.29, 0.717) is 4.73 Å². The van der Waals surface area contributed by atoms with Gasteiger partial charge in [0.15, 0.2) is 4.73 Å². The minimum atomic E-state index is 0.229. The van der Waals surface area contributed by atoms with Gasteiger partial charge in [-0.05, 0) is 27.5 Å². The lowest BCUT2D eigenvalue weighted by atomic mass is 11.3. The third-order valence-electron chi connectivity index (χ3n) is 0.431. The van der Waals surface area contributed by atoms with Crippen molar-refractivity contribution in [2.24, 2.45) is 0 Å². The minimum absolute atomic E-state index is 0.229. The first-order valence-corrected chi connectivity index (χ1v) is 2.69. The van der Waals surface area contributed by atoms with E-state index >= 15 is 0 Å². The van der Waals surface area contributed by atoms with Crippen LogP contribution in [0.1, 0.15) is 0 Å². The quantitative estimate of drug-likeness (QED) is 0.655. The zero-order valence-corrected chi connectivity index (χ0v) is 5.49. The van der Waals surface area contributed by atoms with E-state index in [1.165, 1.54) is 0 Å². The van der Waals surface area contributed by atoms with Gasteiger partial charge in [-0.2, -0.15) is 4.98 Å². The van der Waals surface area contributed by atoms with Gasteiger partial charge in [0.25, 0.3) is 0 Å². The fourth-order valence-electron chi connectivity index (χ4n) is 0.223. The number of rotatable bonds is 0. The summed E-state index contributed by atoms with van der Waals surface area (Å²) < 4.78 is 0.553. The van der Waals surface area contributed by atoms with Gasteiger partial charge in [-0.15, -0.1) is 5.10 Å². The number of aromatic amines is 1. The van der Waals surface area contributed by atoms with Crippen molar-refractivity contribution in [3.63, 3.8) is 0 Å². The number of nitrogens with zero attached hydrogens (tertiary/aromatic N) is 2. The molecule has 1 aromatic rings. The van der Waals surface area contributed by atoms with Gasteiger partial charge in [-0.25, -0.2) is 0 Å². The van der Waals surface area contributed by atoms with Crippen LogP contribution < -0.4 is 0 Å². The summed E-state index contributed by atoms with van der Waals surface area (Å²) in [6, 6.07) is 0. The van der Waals surface area contributed by atoms with Crippen molar-refractivity contribution >= 4 is 27.5 Å². The summed E-state index contributed by atoms with van der Waals surface area (Å²) in [5, 5.41) is 6.22. The van der Waals surface area contributed by atoms with E-state index in [0.717, 1.165) is 0 Å². The number of hydrogen-bond donors (Lipinski definition) is 1. The van der Waals surface area contributed by atoms with Crippen molar-refractivity contribution in [2.75, 3.05) is 0 Å². The maximum Gasteiger partial charge on any atom is 0.243 e. The van der Waals surface area contributed by atoms with Crippen molar-refractivity contribution in [3.8, 4) is 0 Å². The minimum Gasteiger partial charge on any atom is -0.252 e. The lowest BCUT2D eigenvalue weighted by molar-refractivity contribution is 1.07. The van der Waals surface area contributed by atoms with E-state index in [2.05, 4.69) is 31.1 Å². The van der Waals surface area contributed by atoms with Gasteiger partial charge in [-0.3, -0.25) is 5.10 Å². The first-order valence-electron chi connectivity index (χ1n) is 1.52. The maximum absolute atomic E-state index is 5.28. The van der Waals surface area contributed by atoms with Gasteiger partial charge in [-0.1, -0.05) is 0 Å². The fraction of sp³-hybridized carbons (Fsp3) is 0. The Morgan fingerprint density at radius 1 is 1.71 bits per heavy atom. The summed E-state index contributed by atoms with van der Waals surface area (Å²) in [6.45, 7) is 0. The van der Waals surface area contributed by atoms with Gasteiger partial charge in [0.05, 0.1) is 0 Å². The Balaban J connectivity index is 3.04. The number of nitrogens with one attached hydrogen (secondary N) is 1. The molecule has 0 saturated heterocycles. The van der Waals surface area contributed by atoms with E-state index in [-0.39, 0.29) is 5.28 Å². The molecule has 0 amide bonds. The standard InChI is InChI=1S/C2HBrClN3/c3-1-5-2(4)7-6-1/h(H,5,6,7). The number of aromatic nitrogens is 3. The number of H-pyrrole nitrogens is 1. The normalized spacial score (nSPS) is 9.43. The van der Waals surface area contributed by atoms with Crippen LogP contribution >= 0.6 is 27.5 Å². The molecule has 0 unspecified atom stereocenters. The molecule has 0 aromatic carbocycles. The number of hydrogen-bond acceptors (Lipinski definition) is 2. The molecule has 1 N–H and O–H groups in total. The van der Waals surface area contributed by atoms with Crippen molar-refractivity contribution in [3.05, 3.63) is 10.0 Å². The second-order valence-electron chi connectivity index (χ2n) is 0.895. The van der Waals surface area contributed by atoms with Crippen LogP contribution in [0, 0.1) is 0 Å². The highest BCUT2D eigenvalue weighted by Gasteiger charge is 1.90. The van der Waals surface area contributed by atoms with Crippen LogP contribution in [-0.4, -0.2) is 15.2 Å². The third-order valence-corrected chi connectivity index (χ3v) is 0.955. The molecule has 0 aliphatic rings. The Kier molecular flexibility index (Phi) is 1.30. The molecule has 0 fully saturated rings. The molecule has 38 valence electrons. The lowest BCUT2D eigenvalue weighted by Gasteiger charge is -1.63. The predicted octanol–water partition coefficient (Wildman–Crippen LogP) is 1.22. The first-order chi connectivity index (χ1) is 3.29. The van der Waals surface area contributed by atoms with Crippen LogP contribution in [0.4, 0.5) is 0 Å². The molecule has 5 heteroatoms. The lowest BCUT2D eigenvalue weighted by Crippen LogP contribution is -1.61. The molecule has 0 bridgehead atoms. The molecule has 0 radical (unpaired) electrons. The molecule has 1 rings (SSSR count). The molecule has 0 aliphatic carbocycles. The maximum atomic E-state index is 5.28. The summed E-state index contributed by atoms with van der Waals surface area (Å²) in [5.74, 6) is 0. The molecule has 0 spiro atoms. The average molecular weight is 182 g/mol. The summed E-state index contributed by atoms with van der Waals surface area (Å²) in [4.78, 5) is 3.63. The van der Waals surface area contributed by atoms with Crippen LogP contribution in [0.5, 0.6) is 0 Å². The van der Waals surface area contributed by atoms with E-state index < -0.39 is 0 Å². The highest BCUT2D eigenvalue weighted by Crippen LogP contribution is 2.03. The molecule has 7 heavy (non-hydrogen) atoms.